The van der Waals surface area contributed by atoms with Crippen molar-refractivity contribution in [1.82, 2.24) is 0 Å². The van der Waals surface area contributed by atoms with Gasteiger partial charge >= 0.3 is 0 Å². The van der Waals surface area contributed by atoms with Gasteiger partial charge in [0, 0.05) is 10.1 Å². The van der Waals surface area contributed by atoms with Crippen LogP contribution in [-0.2, 0) is 9.59 Å². The Kier molecular flexibility index (Phi) is 4.10. The van der Waals surface area contributed by atoms with E-state index in [2.05, 4.69) is 15.9 Å². The monoisotopic (exact) mass is 302 g/mol. The lowest BCUT2D eigenvalue weighted by molar-refractivity contribution is -0.115. The summed E-state index contributed by atoms with van der Waals surface area (Å²) < 4.78 is 13.4. The number of carbonyl (C=O) groups excluding carboxylic acids is 2. The molecule has 0 saturated heterocycles. The molecule has 0 aliphatic heterocycles. The number of halogens is 4. The Balaban J connectivity index is 3.08. The zero-order chi connectivity index (χ0) is 10.9. The fraction of sp³-hybridized carbons (Fsp3) is 0.500. The Hall–Kier alpha value is 0.0700. The molecule has 2 nitrogen and oxygen atoms in total. The minimum absolute atomic E-state index is 0.0893. The lowest BCUT2D eigenvalue weighted by Crippen LogP contribution is -2.27. The van der Waals surface area contributed by atoms with Crippen molar-refractivity contribution in [3.05, 3.63) is 10.1 Å². The molecule has 0 aromatic carbocycles. The smallest absolute Gasteiger partial charge is 0.249 e. The topological polar surface area (TPSA) is 34.1 Å². The van der Waals surface area contributed by atoms with E-state index in [0.29, 0.717) is 0 Å². The van der Waals surface area contributed by atoms with Crippen LogP contribution in [0.25, 0.3) is 0 Å². The molecule has 0 bridgehead atoms. The van der Waals surface area contributed by atoms with Gasteiger partial charge in [0.25, 0.3) is 0 Å². The highest BCUT2D eigenvalue weighted by molar-refractivity contribution is 9.11. The standard InChI is InChI=1S/C8H6BrCl2FO2/c9-6-3(7(10)13)1-2-4(12)5(6)8(11)14/h4-5H,1-2H2. The van der Waals surface area contributed by atoms with Crippen LogP contribution in [0.4, 0.5) is 4.39 Å². The molecule has 78 valence electrons. The molecule has 0 aromatic rings. The van der Waals surface area contributed by atoms with Crippen LogP contribution in [0, 0.1) is 5.92 Å². The van der Waals surface area contributed by atoms with Crippen molar-refractivity contribution in [2.24, 2.45) is 5.92 Å². The van der Waals surface area contributed by atoms with Gasteiger partial charge in [-0.3, -0.25) is 9.59 Å². The molecular weight excluding hydrogens is 298 g/mol. The number of hydrogen-bond donors (Lipinski definition) is 0. The molecule has 2 atom stereocenters. The third-order valence-electron chi connectivity index (χ3n) is 2.07. The van der Waals surface area contributed by atoms with Crippen LogP contribution in [0.3, 0.4) is 0 Å². The Morgan fingerprint density at radius 1 is 1.43 bits per heavy atom. The van der Waals surface area contributed by atoms with Crippen molar-refractivity contribution < 1.29 is 14.0 Å². The van der Waals surface area contributed by atoms with Gasteiger partial charge in [-0.2, -0.15) is 0 Å². The van der Waals surface area contributed by atoms with E-state index in [1.54, 1.807) is 0 Å². The van der Waals surface area contributed by atoms with Gasteiger partial charge < -0.3 is 0 Å². The van der Waals surface area contributed by atoms with Crippen molar-refractivity contribution in [3.63, 3.8) is 0 Å². The normalized spacial score (nSPS) is 27.7. The first-order valence-electron chi connectivity index (χ1n) is 3.87. The van der Waals surface area contributed by atoms with Crippen molar-refractivity contribution in [3.8, 4) is 0 Å². The van der Waals surface area contributed by atoms with Crippen LogP contribution in [0.15, 0.2) is 10.1 Å². The van der Waals surface area contributed by atoms with E-state index in [1.807, 2.05) is 0 Å². The minimum Gasteiger partial charge on any atom is -0.280 e. The molecule has 0 amide bonds. The molecule has 0 aromatic heterocycles. The van der Waals surface area contributed by atoms with Crippen molar-refractivity contribution >= 4 is 49.6 Å². The maximum atomic E-state index is 13.3. The molecule has 0 radical (unpaired) electrons. The zero-order valence-electron chi connectivity index (χ0n) is 6.90. The predicted octanol–water partition coefficient (Wildman–Crippen LogP) is 2.91. The number of rotatable bonds is 2. The van der Waals surface area contributed by atoms with Crippen LogP contribution in [0.5, 0.6) is 0 Å². The van der Waals surface area contributed by atoms with Gasteiger partial charge in [-0.15, -0.1) is 0 Å². The third kappa shape index (κ3) is 2.35. The average Bonchev–Trinajstić information content (AvgIpc) is 2.02. The van der Waals surface area contributed by atoms with Crippen molar-refractivity contribution in [2.45, 2.75) is 19.0 Å². The summed E-state index contributed by atoms with van der Waals surface area (Å²) in [5, 5.41) is -1.49. The van der Waals surface area contributed by atoms with Crippen LogP contribution in [0.2, 0.25) is 0 Å². The van der Waals surface area contributed by atoms with E-state index in [0.717, 1.165) is 0 Å². The largest absolute Gasteiger partial charge is 0.280 e. The van der Waals surface area contributed by atoms with Gasteiger partial charge in [0.05, 0.1) is 5.92 Å². The van der Waals surface area contributed by atoms with Gasteiger partial charge in [0.2, 0.25) is 10.5 Å². The predicted molar refractivity (Wildman–Crippen MR) is 55.3 cm³/mol. The van der Waals surface area contributed by atoms with Crippen molar-refractivity contribution in [1.29, 1.82) is 0 Å². The van der Waals surface area contributed by atoms with Crippen LogP contribution in [-0.4, -0.2) is 16.7 Å². The summed E-state index contributed by atoms with van der Waals surface area (Å²) in [5.41, 5.74) is 0.236. The number of allylic oxidation sites excluding steroid dienone is 2. The average molecular weight is 304 g/mol. The summed E-state index contributed by atoms with van der Waals surface area (Å²) in [6.07, 6.45) is -1.04. The number of alkyl halides is 1. The zero-order valence-corrected chi connectivity index (χ0v) is 10.00. The number of carbonyl (C=O) groups is 2. The quantitative estimate of drug-likeness (QED) is 0.735. The van der Waals surface area contributed by atoms with Crippen LogP contribution >= 0.6 is 39.1 Å². The van der Waals surface area contributed by atoms with E-state index in [-0.39, 0.29) is 22.9 Å². The maximum absolute atomic E-state index is 13.3. The molecule has 0 spiro atoms. The lowest BCUT2D eigenvalue weighted by Gasteiger charge is -2.24. The van der Waals surface area contributed by atoms with Crippen molar-refractivity contribution in [2.75, 3.05) is 0 Å². The minimum atomic E-state index is -1.35. The van der Waals surface area contributed by atoms with E-state index >= 15 is 0 Å². The summed E-state index contributed by atoms with van der Waals surface area (Å²) >= 11 is 13.5. The molecule has 1 aliphatic rings. The Labute approximate surface area is 98.6 Å². The Morgan fingerprint density at radius 3 is 2.43 bits per heavy atom. The Bertz CT molecular complexity index is 316. The van der Waals surface area contributed by atoms with Gasteiger partial charge in [-0.1, -0.05) is 15.9 Å². The fourth-order valence-corrected chi connectivity index (χ4v) is 2.91. The second-order valence-electron chi connectivity index (χ2n) is 2.94. The van der Waals surface area contributed by atoms with E-state index in [4.69, 9.17) is 23.2 Å². The molecule has 2 unspecified atom stereocenters. The van der Waals surface area contributed by atoms with Gasteiger partial charge in [-0.25, -0.2) is 4.39 Å². The summed E-state index contributed by atoms with van der Waals surface area (Å²) in [7, 11) is 0. The van der Waals surface area contributed by atoms with Gasteiger partial charge in [0.1, 0.15) is 6.17 Å². The molecule has 6 heteroatoms. The second-order valence-corrected chi connectivity index (χ2v) is 4.51. The second kappa shape index (κ2) is 4.73. The third-order valence-corrected chi connectivity index (χ3v) is 3.51. The molecular formula is C8H6BrCl2FO2. The first-order chi connectivity index (χ1) is 6.45. The highest BCUT2D eigenvalue weighted by Gasteiger charge is 2.36. The van der Waals surface area contributed by atoms with E-state index in [1.165, 1.54) is 0 Å². The summed E-state index contributed by atoms with van der Waals surface area (Å²) in [4.78, 5) is 21.8. The number of hydrogen-bond acceptors (Lipinski definition) is 2. The van der Waals surface area contributed by atoms with E-state index < -0.39 is 22.6 Å². The van der Waals surface area contributed by atoms with Gasteiger partial charge in [0.15, 0.2) is 0 Å². The molecule has 0 fully saturated rings. The van der Waals surface area contributed by atoms with Crippen LogP contribution < -0.4 is 0 Å². The molecule has 0 heterocycles. The first kappa shape index (κ1) is 12.1. The fourth-order valence-electron chi connectivity index (χ4n) is 1.35. The summed E-state index contributed by atoms with van der Waals surface area (Å²) in [5.74, 6) is -1.09. The molecule has 1 aliphatic carbocycles. The molecule has 0 saturated carbocycles. The molecule has 1 rings (SSSR count). The SMILES string of the molecule is O=C(Cl)C1=C(Br)C(C(=O)Cl)C(F)CC1. The van der Waals surface area contributed by atoms with E-state index in [9.17, 15) is 14.0 Å². The first-order valence-corrected chi connectivity index (χ1v) is 5.41. The summed E-state index contributed by atoms with van der Waals surface area (Å²) in [6.45, 7) is 0. The molecule has 14 heavy (non-hydrogen) atoms. The molecule has 0 N–H and O–H groups in total. The lowest BCUT2D eigenvalue weighted by atomic mass is 9.90. The highest BCUT2D eigenvalue weighted by atomic mass is 79.9. The maximum Gasteiger partial charge on any atom is 0.249 e. The summed E-state index contributed by atoms with van der Waals surface area (Å²) in [6, 6.07) is 0. The van der Waals surface area contributed by atoms with Crippen LogP contribution in [0.1, 0.15) is 12.8 Å². The Morgan fingerprint density at radius 2 is 2.00 bits per heavy atom. The highest BCUT2D eigenvalue weighted by Crippen LogP contribution is 2.38. The van der Waals surface area contributed by atoms with Gasteiger partial charge in [-0.05, 0) is 36.0 Å².